The summed E-state index contributed by atoms with van der Waals surface area (Å²) in [6.07, 6.45) is 0. The van der Waals surface area contributed by atoms with E-state index >= 15 is 0 Å². The van der Waals surface area contributed by atoms with Crippen molar-refractivity contribution in [1.29, 1.82) is 0 Å². The van der Waals surface area contributed by atoms with Crippen LogP contribution in [0.5, 0.6) is 17.2 Å². The van der Waals surface area contributed by atoms with Gasteiger partial charge in [0.05, 0.1) is 7.11 Å². The minimum absolute atomic E-state index is 0.208. The van der Waals surface area contributed by atoms with Crippen LogP contribution in [-0.2, 0) is 0 Å². The molecule has 0 saturated carbocycles. The Balaban J connectivity index is 1.95. The van der Waals surface area contributed by atoms with E-state index in [0.29, 0.717) is 6.61 Å². The Morgan fingerprint density at radius 3 is 2.31 bits per heavy atom. The fourth-order valence-corrected chi connectivity index (χ4v) is 3.18. The predicted molar refractivity (Wildman–Crippen MR) is 98.9 cm³/mol. The average Bonchev–Trinajstić information content (AvgIpc) is 2.68. The van der Waals surface area contributed by atoms with E-state index in [1.807, 2.05) is 30.3 Å². The van der Waals surface area contributed by atoms with Crippen LogP contribution in [0.15, 0.2) is 66.7 Å². The third-order valence-corrected chi connectivity index (χ3v) is 4.48. The third-order valence-electron chi connectivity index (χ3n) is 4.48. The lowest BCUT2D eigenvalue weighted by Gasteiger charge is -2.25. The molecule has 1 N–H and O–H groups in total. The van der Waals surface area contributed by atoms with E-state index in [-0.39, 0.29) is 11.6 Å². The van der Waals surface area contributed by atoms with E-state index in [9.17, 15) is 9.50 Å². The Labute approximate surface area is 150 Å². The number of rotatable bonds is 3. The standard InChI is InChI=1S/C22H17FO3/c1-25-18-10-11-19-21(12-18)26-13-20(14-2-6-16(23)7-3-14)22(19)15-4-8-17(24)9-5-15/h2-12,24H,13H2,1H3. The zero-order valence-electron chi connectivity index (χ0n) is 14.2. The molecular weight excluding hydrogens is 331 g/mol. The molecule has 0 saturated heterocycles. The Morgan fingerprint density at radius 1 is 0.923 bits per heavy atom. The molecule has 0 fully saturated rings. The molecule has 0 amide bonds. The second-order valence-electron chi connectivity index (χ2n) is 6.06. The van der Waals surface area contributed by atoms with Crippen molar-refractivity contribution in [2.24, 2.45) is 0 Å². The fraction of sp³-hybridized carbons (Fsp3) is 0.0909. The number of methoxy groups -OCH3 is 1. The molecular formula is C22H17FO3. The topological polar surface area (TPSA) is 38.7 Å². The van der Waals surface area contributed by atoms with E-state index < -0.39 is 0 Å². The summed E-state index contributed by atoms with van der Waals surface area (Å²) in [6, 6.07) is 19.1. The van der Waals surface area contributed by atoms with E-state index in [1.165, 1.54) is 12.1 Å². The molecule has 1 heterocycles. The Hall–Kier alpha value is -3.27. The number of fused-ring (bicyclic) bond motifs is 1. The van der Waals surface area contributed by atoms with Gasteiger partial charge in [-0.3, -0.25) is 0 Å². The first kappa shape index (κ1) is 16.2. The van der Waals surface area contributed by atoms with Crippen molar-refractivity contribution in [2.45, 2.75) is 0 Å². The largest absolute Gasteiger partial charge is 0.508 e. The summed E-state index contributed by atoms with van der Waals surface area (Å²) in [6.45, 7) is 0.363. The number of aromatic hydroxyl groups is 1. The average molecular weight is 348 g/mol. The molecule has 1 aliphatic rings. The summed E-state index contributed by atoms with van der Waals surface area (Å²) in [5.74, 6) is 1.39. The molecule has 1 aliphatic heterocycles. The lowest BCUT2D eigenvalue weighted by atomic mass is 9.87. The molecule has 3 aromatic carbocycles. The van der Waals surface area contributed by atoms with Crippen LogP contribution in [0.25, 0.3) is 11.1 Å². The highest BCUT2D eigenvalue weighted by atomic mass is 19.1. The highest BCUT2D eigenvalue weighted by Gasteiger charge is 2.23. The summed E-state index contributed by atoms with van der Waals surface area (Å²) >= 11 is 0. The molecule has 26 heavy (non-hydrogen) atoms. The summed E-state index contributed by atoms with van der Waals surface area (Å²) in [5.41, 5.74) is 4.75. The maximum absolute atomic E-state index is 13.4. The Kier molecular flexibility index (Phi) is 4.09. The van der Waals surface area contributed by atoms with Gasteiger partial charge in [0.1, 0.15) is 29.7 Å². The maximum Gasteiger partial charge on any atom is 0.131 e. The van der Waals surface area contributed by atoms with Gasteiger partial charge < -0.3 is 14.6 Å². The minimum atomic E-state index is -0.276. The molecule has 4 rings (SSSR count). The van der Waals surface area contributed by atoms with Crippen molar-refractivity contribution in [3.63, 3.8) is 0 Å². The zero-order chi connectivity index (χ0) is 18.1. The van der Waals surface area contributed by atoms with E-state index in [4.69, 9.17) is 9.47 Å². The van der Waals surface area contributed by atoms with Gasteiger partial charge in [0.2, 0.25) is 0 Å². The van der Waals surface area contributed by atoms with E-state index in [0.717, 1.165) is 39.3 Å². The van der Waals surface area contributed by atoms with E-state index in [2.05, 4.69) is 0 Å². The van der Waals surface area contributed by atoms with Gasteiger partial charge in [0.25, 0.3) is 0 Å². The van der Waals surface area contributed by atoms with Crippen LogP contribution in [0, 0.1) is 5.82 Å². The fourth-order valence-electron chi connectivity index (χ4n) is 3.18. The Morgan fingerprint density at radius 2 is 1.62 bits per heavy atom. The second kappa shape index (κ2) is 6.56. The zero-order valence-corrected chi connectivity index (χ0v) is 14.2. The molecule has 0 unspecified atom stereocenters. The highest BCUT2D eigenvalue weighted by Crippen LogP contribution is 2.42. The Bertz CT molecular complexity index is 973. The van der Waals surface area contributed by atoms with Crippen LogP contribution in [0.3, 0.4) is 0 Å². The van der Waals surface area contributed by atoms with Crippen molar-refractivity contribution in [3.8, 4) is 17.2 Å². The van der Waals surface area contributed by atoms with Crippen LogP contribution >= 0.6 is 0 Å². The number of phenolic OH excluding ortho intramolecular Hbond substituents is 1. The summed E-state index contributed by atoms with van der Waals surface area (Å²) < 4.78 is 24.6. The molecule has 0 spiro atoms. The summed E-state index contributed by atoms with van der Waals surface area (Å²) in [4.78, 5) is 0. The molecule has 0 bridgehead atoms. The number of hydrogen-bond donors (Lipinski definition) is 1. The van der Waals surface area contributed by atoms with Crippen LogP contribution in [0.1, 0.15) is 16.7 Å². The molecule has 0 aromatic heterocycles. The molecule has 3 nitrogen and oxygen atoms in total. The van der Waals surface area contributed by atoms with Crippen LogP contribution in [0.4, 0.5) is 4.39 Å². The van der Waals surface area contributed by atoms with Crippen LogP contribution in [-0.4, -0.2) is 18.8 Å². The smallest absolute Gasteiger partial charge is 0.131 e. The number of hydrogen-bond acceptors (Lipinski definition) is 3. The van der Waals surface area contributed by atoms with Gasteiger partial charge in [0, 0.05) is 17.2 Å². The van der Waals surface area contributed by atoms with Gasteiger partial charge in [-0.25, -0.2) is 4.39 Å². The number of ether oxygens (including phenoxy) is 2. The molecule has 0 radical (unpaired) electrons. The quantitative estimate of drug-likeness (QED) is 0.732. The van der Waals surface area contributed by atoms with Crippen molar-refractivity contribution in [3.05, 3.63) is 89.2 Å². The molecule has 4 heteroatoms. The first-order valence-corrected chi connectivity index (χ1v) is 8.25. The van der Waals surface area contributed by atoms with Crippen molar-refractivity contribution >= 4 is 11.1 Å². The van der Waals surface area contributed by atoms with Gasteiger partial charge in [-0.05, 0) is 53.1 Å². The number of benzene rings is 3. The van der Waals surface area contributed by atoms with Gasteiger partial charge >= 0.3 is 0 Å². The minimum Gasteiger partial charge on any atom is -0.508 e. The number of phenols is 1. The van der Waals surface area contributed by atoms with Crippen molar-refractivity contribution in [1.82, 2.24) is 0 Å². The monoisotopic (exact) mass is 348 g/mol. The molecule has 3 aromatic rings. The first-order chi connectivity index (χ1) is 12.7. The summed E-state index contributed by atoms with van der Waals surface area (Å²) in [5, 5.41) is 9.63. The second-order valence-corrected chi connectivity index (χ2v) is 6.06. The number of halogens is 1. The first-order valence-electron chi connectivity index (χ1n) is 8.25. The SMILES string of the molecule is COc1ccc2c(c1)OCC(c1ccc(F)cc1)=C2c1ccc(O)cc1. The van der Waals surface area contributed by atoms with Gasteiger partial charge in [-0.15, -0.1) is 0 Å². The lowest BCUT2D eigenvalue weighted by Crippen LogP contribution is -2.11. The third kappa shape index (κ3) is 2.90. The maximum atomic E-state index is 13.4. The van der Waals surface area contributed by atoms with Crippen LogP contribution in [0.2, 0.25) is 0 Å². The van der Waals surface area contributed by atoms with Crippen LogP contribution < -0.4 is 9.47 Å². The van der Waals surface area contributed by atoms with E-state index in [1.54, 1.807) is 31.4 Å². The lowest BCUT2D eigenvalue weighted by molar-refractivity contribution is 0.358. The highest BCUT2D eigenvalue weighted by molar-refractivity contribution is 6.01. The van der Waals surface area contributed by atoms with Gasteiger partial charge in [0.15, 0.2) is 0 Å². The molecule has 130 valence electrons. The van der Waals surface area contributed by atoms with Gasteiger partial charge in [-0.2, -0.15) is 0 Å². The molecule has 0 atom stereocenters. The summed E-state index contributed by atoms with van der Waals surface area (Å²) in [7, 11) is 1.62. The molecule has 0 aliphatic carbocycles. The predicted octanol–water partition coefficient (Wildman–Crippen LogP) is 4.89. The normalized spacial score (nSPS) is 13.2. The van der Waals surface area contributed by atoms with Crippen molar-refractivity contribution in [2.75, 3.05) is 13.7 Å². The van der Waals surface area contributed by atoms with Crippen molar-refractivity contribution < 1.29 is 19.0 Å². The van der Waals surface area contributed by atoms with Gasteiger partial charge in [-0.1, -0.05) is 24.3 Å².